The van der Waals surface area contributed by atoms with E-state index in [2.05, 4.69) is 10.3 Å². The molecule has 0 atom stereocenters. The summed E-state index contributed by atoms with van der Waals surface area (Å²) in [5.74, 6) is 1.80. The van der Waals surface area contributed by atoms with Crippen molar-refractivity contribution in [3.8, 4) is 22.8 Å². The van der Waals surface area contributed by atoms with Crippen LogP contribution in [0.4, 0.5) is 5.13 Å². The average molecular weight is 342 g/mol. The monoisotopic (exact) mass is 342 g/mol. The second-order valence-electron chi connectivity index (χ2n) is 5.24. The number of fused-ring (bicyclic) bond motifs is 1. The molecule has 0 unspecified atom stereocenters. The van der Waals surface area contributed by atoms with Gasteiger partial charge in [-0.15, -0.1) is 11.3 Å². The number of carbonyl (C=O) groups excluding carboxylic acids is 1. The van der Waals surface area contributed by atoms with Gasteiger partial charge < -0.3 is 13.9 Å². The number of rotatable bonds is 3. The van der Waals surface area contributed by atoms with Crippen LogP contribution in [0.5, 0.6) is 11.5 Å². The van der Waals surface area contributed by atoms with E-state index >= 15 is 0 Å². The van der Waals surface area contributed by atoms with Gasteiger partial charge >= 0.3 is 0 Å². The highest BCUT2D eigenvalue weighted by Crippen LogP contribution is 2.35. The van der Waals surface area contributed by atoms with Crippen molar-refractivity contribution in [3.63, 3.8) is 0 Å². The fraction of sp³-hybridized carbons (Fsp3) is 0.176. The van der Waals surface area contributed by atoms with Gasteiger partial charge in [0.05, 0.1) is 17.5 Å². The maximum atomic E-state index is 12.2. The Morgan fingerprint density at radius 3 is 2.83 bits per heavy atom. The van der Waals surface area contributed by atoms with E-state index < -0.39 is 0 Å². The maximum Gasteiger partial charge on any atom is 0.260 e. The van der Waals surface area contributed by atoms with Crippen LogP contribution in [0.1, 0.15) is 16.1 Å². The Hall–Kier alpha value is -2.80. The Balaban J connectivity index is 1.54. The van der Waals surface area contributed by atoms with Gasteiger partial charge in [-0.3, -0.25) is 10.1 Å². The van der Waals surface area contributed by atoms with Crippen LogP contribution in [0, 0.1) is 6.92 Å². The van der Waals surface area contributed by atoms with Gasteiger partial charge in [0.25, 0.3) is 5.91 Å². The minimum atomic E-state index is -0.232. The van der Waals surface area contributed by atoms with Gasteiger partial charge in [-0.05, 0) is 31.2 Å². The van der Waals surface area contributed by atoms with E-state index in [1.54, 1.807) is 13.0 Å². The number of anilines is 1. The number of thiazole rings is 1. The van der Waals surface area contributed by atoms with E-state index in [1.165, 1.54) is 17.6 Å². The molecular formula is C17H14N2O4S. The number of hydrogen-bond donors (Lipinski definition) is 1. The molecule has 0 bridgehead atoms. The van der Waals surface area contributed by atoms with E-state index in [-0.39, 0.29) is 5.91 Å². The Kier molecular flexibility index (Phi) is 3.70. The van der Waals surface area contributed by atoms with Crippen LogP contribution < -0.4 is 14.8 Å². The summed E-state index contributed by atoms with van der Waals surface area (Å²) in [5.41, 5.74) is 2.19. The number of furan rings is 1. The molecule has 0 fully saturated rings. The zero-order valence-electron chi connectivity index (χ0n) is 12.9. The summed E-state index contributed by atoms with van der Waals surface area (Å²) < 4.78 is 16.3. The van der Waals surface area contributed by atoms with E-state index in [4.69, 9.17) is 13.9 Å². The third kappa shape index (κ3) is 2.74. The minimum absolute atomic E-state index is 0.232. The molecule has 0 spiro atoms. The fourth-order valence-corrected chi connectivity index (χ4v) is 3.17. The van der Waals surface area contributed by atoms with Crippen molar-refractivity contribution in [2.75, 3.05) is 18.5 Å². The van der Waals surface area contributed by atoms with Gasteiger partial charge in [-0.1, -0.05) is 0 Å². The molecule has 1 aliphatic rings. The molecule has 3 aromatic rings. The number of carbonyl (C=O) groups is 1. The van der Waals surface area contributed by atoms with E-state index in [0.29, 0.717) is 35.4 Å². The molecule has 1 N–H and O–H groups in total. The first-order valence-corrected chi connectivity index (χ1v) is 8.29. The number of nitrogens with one attached hydrogen (secondary N) is 1. The molecule has 1 aromatic carbocycles. The molecule has 7 heteroatoms. The highest BCUT2D eigenvalue weighted by molar-refractivity contribution is 7.14. The van der Waals surface area contributed by atoms with Crippen molar-refractivity contribution in [3.05, 3.63) is 47.2 Å². The van der Waals surface area contributed by atoms with Crippen LogP contribution in [0.3, 0.4) is 0 Å². The largest absolute Gasteiger partial charge is 0.486 e. The number of amides is 1. The van der Waals surface area contributed by atoms with Crippen molar-refractivity contribution in [2.45, 2.75) is 6.92 Å². The number of hydrogen-bond acceptors (Lipinski definition) is 6. The van der Waals surface area contributed by atoms with E-state index in [9.17, 15) is 4.79 Å². The van der Waals surface area contributed by atoms with E-state index in [1.807, 2.05) is 23.6 Å². The molecule has 122 valence electrons. The molecule has 2 aromatic heterocycles. The fourth-order valence-electron chi connectivity index (χ4n) is 2.45. The summed E-state index contributed by atoms with van der Waals surface area (Å²) in [5, 5.41) is 5.22. The van der Waals surface area contributed by atoms with Crippen LogP contribution in [-0.2, 0) is 0 Å². The second-order valence-corrected chi connectivity index (χ2v) is 6.10. The lowest BCUT2D eigenvalue weighted by molar-refractivity contribution is 0.102. The Labute approximate surface area is 142 Å². The summed E-state index contributed by atoms with van der Waals surface area (Å²) in [7, 11) is 0. The lowest BCUT2D eigenvalue weighted by Gasteiger charge is -2.18. The van der Waals surface area contributed by atoms with Crippen LogP contribution in [0.25, 0.3) is 11.3 Å². The highest BCUT2D eigenvalue weighted by atomic mass is 32.1. The maximum absolute atomic E-state index is 12.2. The standard InChI is InChI=1S/C17H14N2O4S/c1-10-12(4-5-21-10)16(20)19-17-18-13(9-24-17)11-2-3-14-15(8-11)23-7-6-22-14/h2-5,8-9H,6-7H2,1H3,(H,18,19,20). The van der Waals surface area contributed by atoms with Crippen molar-refractivity contribution >= 4 is 22.4 Å². The summed E-state index contributed by atoms with van der Waals surface area (Å²) in [6, 6.07) is 7.33. The van der Waals surface area contributed by atoms with Crippen molar-refractivity contribution < 1.29 is 18.7 Å². The van der Waals surface area contributed by atoms with Gasteiger partial charge in [0.2, 0.25) is 0 Å². The number of nitrogens with zero attached hydrogens (tertiary/aromatic N) is 1. The van der Waals surface area contributed by atoms with Gasteiger partial charge in [-0.2, -0.15) is 0 Å². The normalized spacial score (nSPS) is 12.9. The number of aromatic nitrogens is 1. The van der Waals surface area contributed by atoms with Crippen LogP contribution in [-0.4, -0.2) is 24.1 Å². The summed E-state index contributed by atoms with van der Waals surface area (Å²) in [6.45, 7) is 2.85. The molecule has 0 saturated carbocycles. The zero-order chi connectivity index (χ0) is 16.5. The van der Waals surface area contributed by atoms with Crippen molar-refractivity contribution in [2.24, 2.45) is 0 Å². The molecule has 24 heavy (non-hydrogen) atoms. The summed E-state index contributed by atoms with van der Waals surface area (Å²) in [4.78, 5) is 16.7. The predicted octanol–water partition coefficient (Wildman–Crippen LogP) is 3.74. The lowest BCUT2D eigenvalue weighted by Crippen LogP contribution is -2.15. The smallest absolute Gasteiger partial charge is 0.260 e. The molecule has 0 saturated heterocycles. The second kappa shape index (κ2) is 6.01. The van der Waals surface area contributed by atoms with Gasteiger partial charge in [0, 0.05) is 10.9 Å². The Morgan fingerprint density at radius 2 is 2.04 bits per heavy atom. The molecule has 0 radical (unpaired) electrons. The van der Waals surface area contributed by atoms with Crippen LogP contribution in [0.2, 0.25) is 0 Å². The third-order valence-corrected chi connectivity index (χ3v) is 4.42. The number of aryl methyl sites for hydroxylation is 1. The first-order valence-electron chi connectivity index (χ1n) is 7.42. The molecule has 1 amide bonds. The molecule has 0 aliphatic carbocycles. The first kappa shape index (κ1) is 14.8. The Morgan fingerprint density at radius 1 is 1.21 bits per heavy atom. The Bertz CT molecular complexity index is 900. The highest BCUT2D eigenvalue weighted by Gasteiger charge is 2.16. The van der Waals surface area contributed by atoms with Crippen molar-refractivity contribution in [1.29, 1.82) is 0 Å². The molecular weight excluding hydrogens is 328 g/mol. The van der Waals surface area contributed by atoms with Gasteiger partial charge in [-0.25, -0.2) is 4.98 Å². The minimum Gasteiger partial charge on any atom is -0.486 e. The quantitative estimate of drug-likeness (QED) is 0.785. The van der Waals surface area contributed by atoms with Crippen molar-refractivity contribution in [1.82, 2.24) is 4.98 Å². The third-order valence-electron chi connectivity index (χ3n) is 3.67. The molecule has 4 rings (SSSR count). The average Bonchev–Trinajstić information content (AvgIpc) is 3.23. The molecule has 1 aliphatic heterocycles. The lowest BCUT2D eigenvalue weighted by atomic mass is 10.1. The summed E-state index contributed by atoms with van der Waals surface area (Å²) in [6.07, 6.45) is 1.49. The van der Waals surface area contributed by atoms with Crippen LogP contribution in [0.15, 0.2) is 40.3 Å². The number of benzene rings is 1. The molecule has 3 heterocycles. The van der Waals surface area contributed by atoms with Gasteiger partial charge in [0.15, 0.2) is 16.6 Å². The van der Waals surface area contributed by atoms with Crippen LogP contribution >= 0.6 is 11.3 Å². The SMILES string of the molecule is Cc1occc1C(=O)Nc1nc(-c2ccc3c(c2)OCCO3)cs1. The van der Waals surface area contributed by atoms with E-state index in [0.717, 1.165) is 17.0 Å². The molecule has 6 nitrogen and oxygen atoms in total. The predicted molar refractivity (Wildman–Crippen MR) is 89.9 cm³/mol. The summed E-state index contributed by atoms with van der Waals surface area (Å²) >= 11 is 1.37. The van der Waals surface area contributed by atoms with Gasteiger partial charge in [0.1, 0.15) is 19.0 Å². The number of ether oxygens (including phenoxy) is 2. The zero-order valence-corrected chi connectivity index (χ0v) is 13.7. The first-order chi connectivity index (χ1) is 11.7. The topological polar surface area (TPSA) is 73.6 Å².